The Kier molecular flexibility index (Phi) is 11.9. The number of benzene rings is 1. The van der Waals surface area contributed by atoms with E-state index in [2.05, 4.69) is 20.5 Å². The van der Waals surface area contributed by atoms with Crippen molar-refractivity contribution in [3.63, 3.8) is 0 Å². The molecule has 7 nitrogen and oxygen atoms in total. The van der Waals surface area contributed by atoms with Crippen molar-refractivity contribution < 1.29 is 27.4 Å². The molecule has 1 amide bonds. The number of aliphatic imine (C=N–C) groups is 1. The van der Waals surface area contributed by atoms with Crippen molar-refractivity contribution in [3.8, 4) is 11.5 Å². The summed E-state index contributed by atoms with van der Waals surface area (Å²) in [6.45, 7) is 3.29. The largest absolute Gasteiger partial charge is 0.493 e. The SMILES string of the molecule is CCNC(=NCc1ccc(OCC(F)(F)F)c(OC)c1)N1CCC(CC(=O)NC)CC1.I. The molecule has 182 valence electrons. The normalized spacial score (nSPS) is 15.1. The number of guanidine groups is 1. The molecule has 0 saturated carbocycles. The average Bonchev–Trinajstić information content (AvgIpc) is 2.75. The number of halogens is 4. The number of alkyl halides is 3. The number of piperidine rings is 1. The third-order valence-corrected chi connectivity index (χ3v) is 5.03. The van der Waals surface area contributed by atoms with Gasteiger partial charge in [0.2, 0.25) is 5.91 Å². The summed E-state index contributed by atoms with van der Waals surface area (Å²) in [5.74, 6) is 1.48. The molecule has 11 heteroatoms. The number of carbonyl (C=O) groups is 1. The van der Waals surface area contributed by atoms with Gasteiger partial charge in [0.05, 0.1) is 13.7 Å². The number of amides is 1. The van der Waals surface area contributed by atoms with Crippen LogP contribution in [0.4, 0.5) is 13.2 Å². The molecule has 2 rings (SSSR count). The summed E-state index contributed by atoms with van der Waals surface area (Å²) in [6.07, 6.45) is -2.04. The minimum atomic E-state index is -4.41. The van der Waals surface area contributed by atoms with Crippen molar-refractivity contribution in [1.82, 2.24) is 15.5 Å². The maximum Gasteiger partial charge on any atom is 0.422 e. The molecule has 1 aromatic rings. The molecule has 1 aliphatic rings. The van der Waals surface area contributed by atoms with E-state index in [1.54, 1.807) is 19.2 Å². The Hall–Kier alpha value is -1.92. The summed E-state index contributed by atoms with van der Waals surface area (Å²) in [5.41, 5.74) is 0.793. The fourth-order valence-corrected chi connectivity index (χ4v) is 3.39. The van der Waals surface area contributed by atoms with Gasteiger partial charge in [0, 0.05) is 33.1 Å². The third-order valence-electron chi connectivity index (χ3n) is 5.03. The maximum absolute atomic E-state index is 12.4. The van der Waals surface area contributed by atoms with Crippen molar-refractivity contribution in [2.75, 3.05) is 40.4 Å². The van der Waals surface area contributed by atoms with Crippen molar-refractivity contribution >= 4 is 35.8 Å². The lowest BCUT2D eigenvalue weighted by molar-refractivity contribution is -0.153. The highest BCUT2D eigenvalue weighted by molar-refractivity contribution is 14.0. The molecule has 2 N–H and O–H groups in total. The molecule has 0 aromatic heterocycles. The van der Waals surface area contributed by atoms with Gasteiger partial charge in [-0.15, -0.1) is 24.0 Å². The Bertz CT molecular complexity index is 754. The Balaban J connectivity index is 0.00000512. The summed E-state index contributed by atoms with van der Waals surface area (Å²) in [4.78, 5) is 18.4. The summed E-state index contributed by atoms with van der Waals surface area (Å²) in [5, 5.41) is 5.95. The van der Waals surface area contributed by atoms with Gasteiger partial charge in [0.15, 0.2) is 24.1 Å². The highest BCUT2D eigenvalue weighted by atomic mass is 127. The zero-order valence-corrected chi connectivity index (χ0v) is 21.0. The Labute approximate surface area is 204 Å². The van der Waals surface area contributed by atoms with Crippen molar-refractivity contribution in [2.24, 2.45) is 10.9 Å². The van der Waals surface area contributed by atoms with Crippen molar-refractivity contribution in [2.45, 2.75) is 38.9 Å². The van der Waals surface area contributed by atoms with Crippen LogP contribution < -0.4 is 20.1 Å². The van der Waals surface area contributed by atoms with Crippen LogP contribution in [0.1, 0.15) is 31.7 Å². The van der Waals surface area contributed by atoms with Gasteiger partial charge in [0.25, 0.3) is 0 Å². The minimum absolute atomic E-state index is 0. The molecular weight excluding hydrogens is 540 g/mol. The summed E-state index contributed by atoms with van der Waals surface area (Å²) >= 11 is 0. The zero-order chi connectivity index (χ0) is 22.9. The number of hydrogen-bond donors (Lipinski definition) is 2. The number of methoxy groups -OCH3 is 1. The lowest BCUT2D eigenvalue weighted by atomic mass is 9.93. The van der Waals surface area contributed by atoms with Crippen LogP contribution in [0.2, 0.25) is 0 Å². The predicted molar refractivity (Wildman–Crippen MR) is 128 cm³/mol. The molecule has 1 aromatic carbocycles. The monoisotopic (exact) mass is 572 g/mol. The standard InChI is InChI=1S/C21H31F3N4O3.HI/c1-4-26-20(28-9-7-15(8-10-28)12-19(29)25-2)27-13-16-5-6-17(18(11-16)30-3)31-14-21(22,23)24;/h5-6,11,15H,4,7-10,12-14H2,1-3H3,(H,25,29)(H,26,27);1H. The highest BCUT2D eigenvalue weighted by Crippen LogP contribution is 2.30. The van der Waals surface area contributed by atoms with E-state index in [1.165, 1.54) is 13.2 Å². The van der Waals surface area contributed by atoms with E-state index in [0.717, 1.165) is 37.5 Å². The molecule has 1 saturated heterocycles. The Morgan fingerprint density at radius 1 is 1.25 bits per heavy atom. The molecule has 0 spiro atoms. The van der Waals surface area contributed by atoms with E-state index in [-0.39, 0.29) is 41.4 Å². The first-order valence-corrected chi connectivity index (χ1v) is 10.4. The minimum Gasteiger partial charge on any atom is -0.493 e. The molecule has 0 radical (unpaired) electrons. The summed E-state index contributed by atoms with van der Waals surface area (Å²) in [6, 6.07) is 4.78. The van der Waals surface area contributed by atoms with E-state index in [9.17, 15) is 18.0 Å². The number of nitrogens with zero attached hydrogens (tertiary/aromatic N) is 2. The molecule has 0 aliphatic carbocycles. The second-order valence-electron chi connectivity index (χ2n) is 7.37. The molecule has 1 fully saturated rings. The second kappa shape index (κ2) is 13.6. The number of likely N-dealkylation sites (tertiary alicyclic amines) is 1. The number of carbonyl (C=O) groups excluding carboxylic acids is 1. The maximum atomic E-state index is 12.4. The average molecular weight is 572 g/mol. The quantitative estimate of drug-likeness (QED) is 0.283. The van der Waals surface area contributed by atoms with Gasteiger partial charge < -0.3 is 25.0 Å². The van der Waals surface area contributed by atoms with Crippen LogP contribution in [-0.4, -0.2) is 63.3 Å². The first kappa shape index (κ1) is 28.1. The molecule has 32 heavy (non-hydrogen) atoms. The predicted octanol–water partition coefficient (Wildman–Crippen LogP) is 3.57. The number of hydrogen-bond acceptors (Lipinski definition) is 4. The second-order valence-corrected chi connectivity index (χ2v) is 7.37. The van der Waals surface area contributed by atoms with Crippen molar-refractivity contribution in [3.05, 3.63) is 23.8 Å². The van der Waals surface area contributed by atoms with Gasteiger partial charge >= 0.3 is 6.18 Å². The van der Waals surface area contributed by atoms with Gasteiger partial charge in [-0.05, 0) is 43.4 Å². The lowest BCUT2D eigenvalue weighted by Gasteiger charge is -2.34. The van der Waals surface area contributed by atoms with Crippen LogP contribution in [0.5, 0.6) is 11.5 Å². The van der Waals surface area contributed by atoms with Crippen LogP contribution in [-0.2, 0) is 11.3 Å². The molecule has 0 bridgehead atoms. The Morgan fingerprint density at radius 3 is 2.50 bits per heavy atom. The number of nitrogens with one attached hydrogen (secondary N) is 2. The van der Waals surface area contributed by atoms with E-state index >= 15 is 0 Å². The fraction of sp³-hybridized carbons (Fsp3) is 0.619. The van der Waals surface area contributed by atoms with Gasteiger partial charge in [-0.3, -0.25) is 4.79 Å². The lowest BCUT2D eigenvalue weighted by Crippen LogP contribution is -2.46. The summed E-state index contributed by atoms with van der Waals surface area (Å²) < 4.78 is 47.2. The molecule has 0 atom stereocenters. The number of ether oxygens (including phenoxy) is 2. The molecule has 1 aliphatic heterocycles. The van der Waals surface area contributed by atoms with Crippen LogP contribution in [0.3, 0.4) is 0 Å². The molecule has 0 unspecified atom stereocenters. The highest BCUT2D eigenvalue weighted by Gasteiger charge is 2.29. The van der Waals surface area contributed by atoms with Crippen molar-refractivity contribution in [1.29, 1.82) is 0 Å². The smallest absolute Gasteiger partial charge is 0.422 e. The van der Waals surface area contributed by atoms with Gasteiger partial charge in [-0.25, -0.2) is 4.99 Å². The van der Waals surface area contributed by atoms with Gasteiger partial charge in [-0.1, -0.05) is 6.07 Å². The van der Waals surface area contributed by atoms with E-state index in [0.29, 0.717) is 25.4 Å². The van der Waals surface area contributed by atoms with Crippen LogP contribution in [0.25, 0.3) is 0 Å². The third kappa shape index (κ3) is 9.29. The van der Waals surface area contributed by atoms with Gasteiger partial charge in [0.1, 0.15) is 0 Å². The Morgan fingerprint density at radius 2 is 1.94 bits per heavy atom. The fourth-order valence-electron chi connectivity index (χ4n) is 3.39. The van der Waals surface area contributed by atoms with Crippen LogP contribution in [0.15, 0.2) is 23.2 Å². The van der Waals surface area contributed by atoms with E-state index in [4.69, 9.17) is 9.47 Å². The van der Waals surface area contributed by atoms with E-state index < -0.39 is 12.8 Å². The van der Waals surface area contributed by atoms with Gasteiger partial charge in [-0.2, -0.15) is 13.2 Å². The van der Waals surface area contributed by atoms with Crippen LogP contribution >= 0.6 is 24.0 Å². The zero-order valence-electron chi connectivity index (χ0n) is 18.6. The first-order valence-electron chi connectivity index (χ1n) is 10.4. The topological polar surface area (TPSA) is 75.2 Å². The summed E-state index contributed by atoms with van der Waals surface area (Å²) in [7, 11) is 3.03. The van der Waals surface area contributed by atoms with Crippen LogP contribution in [0, 0.1) is 5.92 Å². The molecular formula is C21H32F3IN4O3. The van der Waals surface area contributed by atoms with E-state index in [1.807, 2.05) is 6.92 Å². The first-order chi connectivity index (χ1) is 14.8. The molecule has 1 heterocycles. The number of rotatable bonds is 8.